The first-order valence-corrected chi connectivity index (χ1v) is 7.53. The standard InChI is InChI=1S/C12H10ClNO4S/c1-17-9-5-7-10(8-6-9)18-11-3-2-4-12(14-11)19(13,15)16/h2-8H,1H3. The zero-order chi connectivity index (χ0) is 13.9. The van der Waals surface area contributed by atoms with Gasteiger partial charge in [-0.1, -0.05) is 6.07 Å². The van der Waals surface area contributed by atoms with Crippen molar-refractivity contribution in [1.29, 1.82) is 0 Å². The molecule has 2 rings (SSSR count). The summed E-state index contributed by atoms with van der Waals surface area (Å²) in [5, 5.41) is -0.250. The Morgan fingerprint density at radius 1 is 1.05 bits per heavy atom. The molecule has 0 saturated carbocycles. The molecule has 0 fully saturated rings. The maximum absolute atomic E-state index is 11.2. The van der Waals surface area contributed by atoms with Crippen LogP contribution in [-0.2, 0) is 9.05 Å². The van der Waals surface area contributed by atoms with Gasteiger partial charge in [-0.3, -0.25) is 0 Å². The summed E-state index contributed by atoms with van der Waals surface area (Å²) in [7, 11) is 2.91. The second-order valence-corrected chi connectivity index (χ2v) is 6.04. The maximum Gasteiger partial charge on any atom is 0.278 e. The van der Waals surface area contributed by atoms with Gasteiger partial charge in [-0.05, 0) is 30.3 Å². The van der Waals surface area contributed by atoms with E-state index in [-0.39, 0.29) is 10.9 Å². The van der Waals surface area contributed by atoms with Crippen molar-refractivity contribution in [3.63, 3.8) is 0 Å². The van der Waals surface area contributed by atoms with Crippen LogP contribution < -0.4 is 9.47 Å². The van der Waals surface area contributed by atoms with Gasteiger partial charge < -0.3 is 9.47 Å². The van der Waals surface area contributed by atoms with E-state index in [1.54, 1.807) is 31.4 Å². The predicted molar refractivity (Wildman–Crippen MR) is 70.3 cm³/mol. The molecule has 0 spiro atoms. The summed E-state index contributed by atoms with van der Waals surface area (Å²) in [5.74, 6) is 1.35. The lowest BCUT2D eigenvalue weighted by Crippen LogP contribution is -1.96. The molecule has 0 N–H and O–H groups in total. The average Bonchev–Trinajstić information content (AvgIpc) is 2.39. The molecule has 19 heavy (non-hydrogen) atoms. The van der Waals surface area contributed by atoms with Gasteiger partial charge in [0.2, 0.25) is 5.88 Å². The summed E-state index contributed by atoms with van der Waals surface area (Å²) in [4.78, 5) is 3.81. The Morgan fingerprint density at radius 2 is 1.68 bits per heavy atom. The molecule has 0 unspecified atom stereocenters. The van der Waals surface area contributed by atoms with E-state index in [2.05, 4.69) is 4.98 Å². The normalized spacial score (nSPS) is 11.1. The fraction of sp³-hybridized carbons (Fsp3) is 0.0833. The largest absolute Gasteiger partial charge is 0.497 e. The summed E-state index contributed by atoms with van der Waals surface area (Å²) in [6, 6.07) is 11.1. The fourth-order valence-electron chi connectivity index (χ4n) is 1.35. The number of ether oxygens (including phenoxy) is 2. The van der Waals surface area contributed by atoms with Crippen molar-refractivity contribution in [3.8, 4) is 17.4 Å². The van der Waals surface area contributed by atoms with E-state index in [9.17, 15) is 8.42 Å². The van der Waals surface area contributed by atoms with Crippen LogP contribution in [-0.4, -0.2) is 20.5 Å². The lowest BCUT2D eigenvalue weighted by Gasteiger charge is -2.06. The van der Waals surface area contributed by atoms with Gasteiger partial charge >= 0.3 is 0 Å². The Hall–Kier alpha value is -1.79. The van der Waals surface area contributed by atoms with Crippen LogP contribution in [0.3, 0.4) is 0 Å². The zero-order valence-corrected chi connectivity index (χ0v) is 11.5. The minimum Gasteiger partial charge on any atom is -0.497 e. The molecule has 2 aromatic rings. The summed E-state index contributed by atoms with van der Waals surface area (Å²) in [6.07, 6.45) is 0. The minimum absolute atomic E-state index is 0.145. The number of aromatic nitrogens is 1. The number of nitrogens with zero attached hydrogens (tertiary/aromatic N) is 1. The number of pyridine rings is 1. The number of hydrogen-bond donors (Lipinski definition) is 0. The Bertz CT molecular complexity index is 670. The van der Waals surface area contributed by atoms with Crippen molar-refractivity contribution in [2.75, 3.05) is 7.11 Å². The van der Waals surface area contributed by atoms with Gasteiger partial charge in [0.1, 0.15) is 11.5 Å². The van der Waals surface area contributed by atoms with Gasteiger partial charge in [0.05, 0.1) is 7.11 Å². The Balaban J connectivity index is 2.23. The molecule has 1 aromatic heterocycles. The molecule has 0 aliphatic heterocycles. The SMILES string of the molecule is COc1ccc(Oc2cccc(S(=O)(=O)Cl)n2)cc1. The molecule has 7 heteroatoms. The average molecular weight is 300 g/mol. The Labute approximate surface area is 115 Å². The van der Waals surface area contributed by atoms with Gasteiger partial charge in [0.25, 0.3) is 9.05 Å². The van der Waals surface area contributed by atoms with Crippen molar-refractivity contribution in [2.45, 2.75) is 5.03 Å². The minimum atomic E-state index is -3.87. The second kappa shape index (κ2) is 5.46. The van der Waals surface area contributed by atoms with Crippen LogP contribution in [0.2, 0.25) is 0 Å². The van der Waals surface area contributed by atoms with Crippen LogP contribution in [0.15, 0.2) is 47.5 Å². The van der Waals surface area contributed by atoms with Gasteiger partial charge in [-0.25, -0.2) is 13.4 Å². The molecule has 0 aliphatic carbocycles. The van der Waals surface area contributed by atoms with E-state index >= 15 is 0 Å². The van der Waals surface area contributed by atoms with Crippen LogP contribution >= 0.6 is 10.7 Å². The highest BCUT2D eigenvalue weighted by molar-refractivity contribution is 8.13. The lowest BCUT2D eigenvalue weighted by molar-refractivity contribution is 0.412. The van der Waals surface area contributed by atoms with Crippen LogP contribution in [0.25, 0.3) is 0 Å². The molecular formula is C12H10ClNO4S. The van der Waals surface area contributed by atoms with E-state index in [4.69, 9.17) is 20.2 Å². The molecule has 5 nitrogen and oxygen atoms in total. The highest BCUT2D eigenvalue weighted by atomic mass is 35.7. The maximum atomic E-state index is 11.2. The monoisotopic (exact) mass is 299 g/mol. The van der Waals surface area contributed by atoms with Crippen molar-refractivity contribution in [3.05, 3.63) is 42.5 Å². The van der Waals surface area contributed by atoms with Crippen LogP contribution in [0.4, 0.5) is 0 Å². The third-order valence-corrected chi connectivity index (χ3v) is 3.43. The molecule has 0 aliphatic rings. The molecule has 1 heterocycles. The number of methoxy groups -OCH3 is 1. The van der Waals surface area contributed by atoms with Crippen LogP contribution in [0, 0.1) is 0 Å². The van der Waals surface area contributed by atoms with Crippen molar-refractivity contribution >= 4 is 19.7 Å². The predicted octanol–water partition coefficient (Wildman–Crippen LogP) is 2.81. The van der Waals surface area contributed by atoms with E-state index in [0.29, 0.717) is 11.5 Å². The smallest absolute Gasteiger partial charge is 0.278 e. The first kappa shape index (κ1) is 13.6. The number of benzene rings is 1. The van der Waals surface area contributed by atoms with Gasteiger partial charge in [-0.2, -0.15) is 0 Å². The van der Waals surface area contributed by atoms with Gasteiger partial charge in [-0.15, -0.1) is 0 Å². The molecular weight excluding hydrogens is 290 g/mol. The highest BCUT2D eigenvalue weighted by Crippen LogP contribution is 2.23. The number of rotatable bonds is 4. The van der Waals surface area contributed by atoms with Gasteiger partial charge in [0, 0.05) is 16.7 Å². The molecule has 0 amide bonds. The van der Waals surface area contributed by atoms with Crippen molar-refractivity contribution in [1.82, 2.24) is 4.98 Å². The molecule has 0 radical (unpaired) electrons. The second-order valence-electron chi connectivity index (χ2n) is 3.53. The van der Waals surface area contributed by atoms with Crippen molar-refractivity contribution in [2.24, 2.45) is 0 Å². The van der Waals surface area contributed by atoms with E-state index < -0.39 is 9.05 Å². The molecule has 1 aromatic carbocycles. The number of halogens is 1. The fourth-order valence-corrected chi connectivity index (χ4v) is 2.05. The first-order chi connectivity index (χ1) is 8.99. The molecule has 0 saturated heterocycles. The van der Waals surface area contributed by atoms with E-state index in [0.717, 1.165) is 0 Å². The molecule has 0 atom stereocenters. The molecule has 0 bridgehead atoms. The topological polar surface area (TPSA) is 65.5 Å². The molecule has 100 valence electrons. The van der Waals surface area contributed by atoms with Crippen LogP contribution in [0.1, 0.15) is 0 Å². The lowest BCUT2D eigenvalue weighted by atomic mass is 10.3. The van der Waals surface area contributed by atoms with Crippen LogP contribution in [0.5, 0.6) is 17.4 Å². The number of hydrogen-bond acceptors (Lipinski definition) is 5. The summed E-state index contributed by atoms with van der Waals surface area (Å²) in [5.41, 5.74) is 0. The Kier molecular flexibility index (Phi) is 3.92. The third-order valence-electron chi connectivity index (χ3n) is 2.23. The summed E-state index contributed by atoms with van der Waals surface area (Å²) < 4.78 is 32.7. The van der Waals surface area contributed by atoms with E-state index in [1.165, 1.54) is 18.2 Å². The van der Waals surface area contributed by atoms with Gasteiger partial charge in [0.15, 0.2) is 5.03 Å². The summed E-state index contributed by atoms with van der Waals surface area (Å²) >= 11 is 0. The highest BCUT2D eigenvalue weighted by Gasteiger charge is 2.12. The third kappa shape index (κ3) is 3.59. The summed E-state index contributed by atoms with van der Waals surface area (Å²) in [6.45, 7) is 0. The first-order valence-electron chi connectivity index (χ1n) is 5.22. The van der Waals surface area contributed by atoms with E-state index in [1.807, 2.05) is 0 Å². The quantitative estimate of drug-likeness (QED) is 0.812. The Morgan fingerprint density at radius 3 is 2.26 bits per heavy atom. The van der Waals surface area contributed by atoms with Crippen molar-refractivity contribution < 1.29 is 17.9 Å². The zero-order valence-electron chi connectivity index (χ0n) is 9.91.